The Hall–Kier alpha value is -5.24. The van der Waals surface area contributed by atoms with Crippen molar-refractivity contribution in [1.82, 2.24) is 0 Å². The van der Waals surface area contributed by atoms with Gasteiger partial charge in [0.15, 0.2) is 0 Å². The number of carbonyl (C=O) groups excluding carboxylic acids is 4. The molecule has 12 nitrogen and oxygen atoms in total. The number of nitrogen functional groups attached to an aromatic ring is 4. The maximum absolute atomic E-state index is 10.2. The van der Waals surface area contributed by atoms with Crippen LogP contribution in [0.2, 0.25) is 0 Å². The van der Waals surface area contributed by atoms with Crippen molar-refractivity contribution in [3.8, 4) is 0 Å². The van der Waals surface area contributed by atoms with Gasteiger partial charge < -0.3 is 62.5 Å². The van der Waals surface area contributed by atoms with Crippen LogP contribution in [0.5, 0.6) is 0 Å². The molecule has 0 bridgehead atoms. The molecular formula is C28H24N4O8Sn. The van der Waals surface area contributed by atoms with Gasteiger partial charge in [-0.25, -0.2) is 0 Å². The van der Waals surface area contributed by atoms with Gasteiger partial charge in [0.1, 0.15) is 0 Å². The van der Waals surface area contributed by atoms with Gasteiger partial charge in [-0.05, 0) is 70.8 Å². The predicted molar refractivity (Wildman–Crippen MR) is 146 cm³/mol. The fourth-order valence-corrected chi connectivity index (χ4v) is 2.48. The molecule has 0 aliphatic carbocycles. The van der Waals surface area contributed by atoms with Gasteiger partial charge in [-0.3, -0.25) is 0 Å². The number of hydrogen-bond donors (Lipinski definition) is 4. The monoisotopic (exact) mass is 664 g/mol. The SMILES string of the molecule is Nc1ccc(C(=O)[O-])cc1.Nc1ccc(C(=O)[O-])cc1.Nc1ccc(C(=O)[O-])cc1.Nc1ccc(C(=O)[O-])cc1.[Sn+4]. The summed E-state index contributed by atoms with van der Waals surface area (Å²) in [6.45, 7) is 0. The molecule has 4 rings (SSSR count). The largest absolute Gasteiger partial charge is 4.00 e. The van der Waals surface area contributed by atoms with Crippen LogP contribution in [-0.2, 0) is 0 Å². The molecule has 8 N–H and O–H groups in total. The Bertz CT molecular complexity index is 1190. The van der Waals surface area contributed by atoms with Crippen LogP contribution in [0.4, 0.5) is 22.7 Å². The van der Waals surface area contributed by atoms with E-state index in [1.807, 2.05) is 0 Å². The molecule has 0 saturated heterocycles. The van der Waals surface area contributed by atoms with Gasteiger partial charge in [0, 0.05) is 22.7 Å². The van der Waals surface area contributed by atoms with Crippen LogP contribution in [0, 0.1) is 0 Å². The first-order valence-electron chi connectivity index (χ1n) is 11.1. The second kappa shape index (κ2) is 18.1. The van der Waals surface area contributed by atoms with Crippen LogP contribution in [-0.4, -0.2) is 47.8 Å². The van der Waals surface area contributed by atoms with Crippen molar-refractivity contribution in [2.75, 3.05) is 22.9 Å². The molecule has 4 aromatic rings. The van der Waals surface area contributed by atoms with E-state index in [-0.39, 0.29) is 46.2 Å². The Kier molecular flexibility index (Phi) is 15.8. The van der Waals surface area contributed by atoms with Crippen LogP contribution >= 0.6 is 0 Å². The third kappa shape index (κ3) is 14.5. The normalized spacial score (nSPS) is 8.98. The van der Waals surface area contributed by atoms with Crippen LogP contribution < -0.4 is 43.4 Å². The number of carboxylic acids is 4. The molecule has 0 radical (unpaired) electrons. The second-order valence-corrected chi connectivity index (χ2v) is 7.64. The molecule has 0 unspecified atom stereocenters. The maximum Gasteiger partial charge on any atom is 4.00 e. The zero-order valence-corrected chi connectivity index (χ0v) is 24.2. The van der Waals surface area contributed by atoms with Crippen molar-refractivity contribution in [3.63, 3.8) is 0 Å². The number of hydrogen-bond acceptors (Lipinski definition) is 12. The van der Waals surface area contributed by atoms with Gasteiger partial charge in [0.25, 0.3) is 0 Å². The summed E-state index contributed by atoms with van der Waals surface area (Å²) in [6, 6.07) is 23.4. The quantitative estimate of drug-likeness (QED) is 0.139. The molecule has 0 aliphatic rings. The van der Waals surface area contributed by atoms with Crippen LogP contribution in [0.15, 0.2) is 97.1 Å². The topological polar surface area (TPSA) is 265 Å². The molecule has 4 aromatic carbocycles. The zero-order valence-electron chi connectivity index (χ0n) is 21.3. The zero-order chi connectivity index (χ0) is 30.2. The first-order valence-corrected chi connectivity index (χ1v) is 11.1. The first-order chi connectivity index (χ1) is 18.8. The Morgan fingerprint density at radius 3 is 0.561 bits per heavy atom. The Morgan fingerprint density at radius 1 is 0.341 bits per heavy atom. The first kappa shape index (κ1) is 35.8. The summed E-state index contributed by atoms with van der Waals surface area (Å²) in [7, 11) is 0. The van der Waals surface area contributed by atoms with E-state index in [0.717, 1.165) is 0 Å². The van der Waals surface area contributed by atoms with E-state index in [1.54, 1.807) is 0 Å². The Labute approximate surface area is 251 Å². The van der Waals surface area contributed by atoms with E-state index in [1.165, 1.54) is 97.1 Å². The summed E-state index contributed by atoms with van der Waals surface area (Å²) >= 11 is 0. The number of anilines is 4. The molecule has 0 fully saturated rings. The summed E-state index contributed by atoms with van der Waals surface area (Å²) < 4.78 is 0. The summed E-state index contributed by atoms with van der Waals surface area (Å²) in [6.07, 6.45) is 0. The van der Waals surface area contributed by atoms with E-state index in [4.69, 9.17) is 22.9 Å². The molecule has 0 heterocycles. The molecular weight excluding hydrogens is 639 g/mol. The fourth-order valence-electron chi connectivity index (χ4n) is 2.48. The predicted octanol–water partition coefficient (Wildman–Crippen LogP) is -1.85. The van der Waals surface area contributed by atoms with Gasteiger partial charge >= 0.3 is 23.9 Å². The van der Waals surface area contributed by atoms with E-state index >= 15 is 0 Å². The third-order valence-electron chi connectivity index (χ3n) is 4.59. The molecule has 208 valence electrons. The summed E-state index contributed by atoms with van der Waals surface area (Å²) in [5.74, 6) is -4.72. The number of aromatic carboxylic acids is 4. The van der Waals surface area contributed by atoms with Gasteiger partial charge in [0.05, 0.1) is 23.9 Å². The molecule has 0 aromatic heterocycles. The summed E-state index contributed by atoms with van der Waals surface area (Å²) in [4.78, 5) is 40.6. The number of carboxylic acid groups (broad SMARTS) is 4. The van der Waals surface area contributed by atoms with Crippen LogP contribution in [0.3, 0.4) is 0 Å². The smallest absolute Gasteiger partial charge is 0.545 e. The third-order valence-corrected chi connectivity index (χ3v) is 4.59. The molecule has 0 saturated carbocycles. The average molecular weight is 663 g/mol. The minimum absolute atomic E-state index is 0. The van der Waals surface area contributed by atoms with Gasteiger partial charge in [-0.15, -0.1) is 0 Å². The number of carbonyl (C=O) groups is 4. The number of benzene rings is 4. The molecule has 13 heteroatoms. The van der Waals surface area contributed by atoms with Gasteiger partial charge in [-0.1, -0.05) is 48.5 Å². The number of rotatable bonds is 4. The van der Waals surface area contributed by atoms with Crippen molar-refractivity contribution in [2.45, 2.75) is 0 Å². The van der Waals surface area contributed by atoms with Gasteiger partial charge in [-0.2, -0.15) is 0 Å². The minimum Gasteiger partial charge on any atom is -0.545 e. The Morgan fingerprint density at radius 2 is 0.463 bits per heavy atom. The average Bonchev–Trinajstić information content (AvgIpc) is 2.91. The van der Waals surface area contributed by atoms with Gasteiger partial charge in [0.2, 0.25) is 0 Å². The van der Waals surface area contributed by atoms with E-state index in [0.29, 0.717) is 22.7 Å². The van der Waals surface area contributed by atoms with E-state index in [2.05, 4.69) is 0 Å². The van der Waals surface area contributed by atoms with E-state index < -0.39 is 23.9 Å². The second-order valence-electron chi connectivity index (χ2n) is 7.64. The number of nitrogens with two attached hydrogens (primary N) is 4. The summed E-state index contributed by atoms with van der Waals surface area (Å²) in [5, 5.41) is 40.6. The van der Waals surface area contributed by atoms with Crippen LogP contribution in [0.1, 0.15) is 41.4 Å². The Balaban J connectivity index is 0.000000516. The molecule has 41 heavy (non-hydrogen) atoms. The standard InChI is InChI=1S/4C7H7NO2.Sn/c4*8-6-3-1-5(2-4-6)7(9)10;/h4*1-4H,8H2,(H,9,10);/q;;;;+4/p-4. The van der Waals surface area contributed by atoms with Crippen molar-refractivity contribution < 1.29 is 39.6 Å². The van der Waals surface area contributed by atoms with Crippen molar-refractivity contribution in [3.05, 3.63) is 119 Å². The maximum atomic E-state index is 10.2. The minimum atomic E-state index is -1.18. The molecule has 0 amide bonds. The van der Waals surface area contributed by atoms with Crippen molar-refractivity contribution in [1.29, 1.82) is 0 Å². The fraction of sp³-hybridized carbons (Fsp3) is 0. The van der Waals surface area contributed by atoms with E-state index in [9.17, 15) is 39.6 Å². The molecule has 0 spiro atoms. The molecule has 0 atom stereocenters. The van der Waals surface area contributed by atoms with Crippen LogP contribution in [0.25, 0.3) is 0 Å². The summed E-state index contributed by atoms with van der Waals surface area (Å²) in [5.41, 5.74) is 24.0. The molecule has 0 aliphatic heterocycles. The van der Waals surface area contributed by atoms with Crippen molar-refractivity contribution in [2.24, 2.45) is 0 Å². The van der Waals surface area contributed by atoms with Crippen molar-refractivity contribution >= 4 is 70.5 Å².